The predicted octanol–water partition coefficient (Wildman–Crippen LogP) is 5.53. The average Bonchev–Trinajstić information content (AvgIpc) is 3.45. The minimum Gasteiger partial charge on any atom is -0.472 e. The molecule has 8 atom stereocenters. The van der Waals surface area contributed by atoms with Gasteiger partial charge in [0.05, 0.1) is 31.5 Å². The highest BCUT2D eigenvalue weighted by molar-refractivity contribution is 5.95. The van der Waals surface area contributed by atoms with Gasteiger partial charge in [-0.25, -0.2) is 4.79 Å². The zero-order valence-electron chi connectivity index (χ0n) is 24.4. The Morgan fingerprint density at radius 1 is 1.18 bits per heavy atom. The van der Waals surface area contributed by atoms with E-state index in [2.05, 4.69) is 6.92 Å². The highest BCUT2D eigenvalue weighted by Gasteiger charge is 2.68. The summed E-state index contributed by atoms with van der Waals surface area (Å²) in [4.78, 5) is 53.3. The highest BCUT2D eigenvalue weighted by atomic mass is 16.6. The van der Waals surface area contributed by atoms with Crippen LogP contribution in [0.5, 0.6) is 0 Å². The van der Waals surface area contributed by atoms with Crippen LogP contribution in [0, 0.1) is 39.9 Å². The van der Waals surface area contributed by atoms with Crippen molar-refractivity contribution in [2.24, 2.45) is 39.9 Å². The number of hydrogen-bond acceptors (Lipinski definition) is 8. The van der Waals surface area contributed by atoms with Crippen molar-refractivity contribution in [2.45, 2.75) is 79.4 Å². The maximum Gasteiger partial charge on any atom is 0.331 e. The van der Waals surface area contributed by atoms with Crippen molar-refractivity contribution in [2.75, 3.05) is 7.11 Å². The lowest BCUT2D eigenvalue weighted by molar-refractivity contribution is -0.193. The first-order chi connectivity index (χ1) is 18.8. The zero-order chi connectivity index (χ0) is 29.2. The lowest BCUT2D eigenvalue weighted by Gasteiger charge is -2.62. The summed E-state index contributed by atoms with van der Waals surface area (Å²) in [5.41, 5.74) is 0.372. The molecule has 2 fully saturated rings. The molecule has 216 valence electrons. The number of fused-ring (bicyclic) bond motifs is 6. The van der Waals surface area contributed by atoms with Crippen molar-refractivity contribution in [3.05, 3.63) is 47.5 Å². The quantitative estimate of drug-likeness (QED) is 0.335. The second kappa shape index (κ2) is 9.74. The summed E-state index contributed by atoms with van der Waals surface area (Å²) in [6.45, 7) is 11.8. The number of methoxy groups -OCH3 is 1. The predicted molar refractivity (Wildman–Crippen MR) is 144 cm³/mol. The number of cyclic esters (lactones) is 1. The number of allylic oxidation sites excluding steroid dienone is 1. The van der Waals surface area contributed by atoms with Crippen molar-refractivity contribution in [3.63, 3.8) is 0 Å². The maximum atomic E-state index is 14.4. The fraction of sp³-hybridized carbons (Fsp3) is 0.625. The third-order valence-corrected chi connectivity index (χ3v) is 10.6. The third kappa shape index (κ3) is 4.00. The van der Waals surface area contributed by atoms with Gasteiger partial charge in [-0.05, 0) is 48.3 Å². The Morgan fingerprint density at radius 2 is 1.90 bits per heavy atom. The molecule has 3 aliphatic carbocycles. The SMILES string of the molecule is CC[C@H](C)C(=O)O[C@@H]1[C@@H]2C=C3C4=CC(=O)O[C@@H](c5ccoc5)[C@]4(C)CC[C@@H]3[C@@](C)(C2=O)[C@@H](CC(=O)OC)C1(C)C. The normalized spacial score (nSPS) is 36.7. The van der Waals surface area contributed by atoms with Crippen LogP contribution in [0.25, 0.3) is 0 Å². The number of carbonyl (C=O) groups is 4. The summed E-state index contributed by atoms with van der Waals surface area (Å²) >= 11 is 0. The van der Waals surface area contributed by atoms with Crippen LogP contribution in [-0.4, -0.2) is 36.9 Å². The second-order valence-corrected chi connectivity index (χ2v) is 13.1. The standard InChI is InChI=1S/C32H40O8/c1-8-17(2)29(36)40-28-20-13-19-21(32(6,26(20)35)23(30(28,3)4)15-24(33)37-7)9-11-31(5)22(19)14-25(34)39-27(31)18-10-12-38-16-18/h10,12-14,16-17,20-21,23,27-28H,8-9,11,15H2,1-7H3/t17-,20+,21-,23-,27-,28+,31+,32+/m0/s1. The summed E-state index contributed by atoms with van der Waals surface area (Å²) in [7, 11) is 1.35. The first-order valence-corrected chi connectivity index (χ1v) is 14.3. The van der Waals surface area contributed by atoms with Gasteiger partial charge in [0.15, 0.2) is 0 Å². The molecule has 0 aromatic carbocycles. The van der Waals surface area contributed by atoms with E-state index in [0.29, 0.717) is 19.3 Å². The largest absolute Gasteiger partial charge is 0.472 e. The molecule has 2 saturated carbocycles. The number of rotatable bonds is 6. The van der Waals surface area contributed by atoms with E-state index < -0.39 is 52.2 Å². The van der Waals surface area contributed by atoms with E-state index >= 15 is 0 Å². The van der Waals surface area contributed by atoms with E-state index in [1.807, 2.05) is 46.8 Å². The molecule has 0 amide bonds. The molecule has 0 unspecified atom stereocenters. The summed E-state index contributed by atoms with van der Waals surface area (Å²) in [6.07, 6.45) is 7.36. The third-order valence-electron chi connectivity index (χ3n) is 10.6. The average molecular weight is 553 g/mol. The number of furan rings is 1. The summed E-state index contributed by atoms with van der Waals surface area (Å²) in [6, 6.07) is 1.81. The molecule has 40 heavy (non-hydrogen) atoms. The lowest BCUT2D eigenvalue weighted by atomic mass is 9.41. The Kier molecular flexibility index (Phi) is 6.91. The molecule has 1 aliphatic heterocycles. The lowest BCUT2D eigenvalue weighted by Crippen LogP contribution is -2.66. The van der Waals surface area contributed by atoms with E-state index in [9.17, 15) is 19.2 Å². The van der Waals surface area contributed by atoms with Gasteiger partial charge in [0.25, 0.3) is 0 Å². The van der Waals surface area contributed by atoms with Gasteiger partial charge in [0, 0.05) is 34.3 Å². The minimum absolute atomic E-state index is 0.0228. The van der Waals surface area contributed by atoms with Crippen LogP contribution in [0.1, 0.15) is 78.9 Å². The fourth-order valence-electron chi connectivity index (χ4n) is 8.09. The molecular weight excluding hydrogens is 512 g/mol. The van der Waals surface area contributed by atoms with Crippen molar-refractivity contribution in [3.8, 4) is 0 Å². The first kappa shape index (κ1) is 28.4. The van der Waals surface area contributed by atoms with Gasteiger partial charge in [-0.3, -0.25) is 14.4 Å². The van der Waals surface area contributed by atoms with E-state index in [-0.39, 0.29) is 30.0 Å². The van der Waals surface area contributed by atoms with E-state index in [0.717, 1.165) is 16.7 Å². The smallest absolute Gasteiger partial charge is 0.331 e. The van der Waals surface area contributed by atoms with E-state index in [4.69, 9.17) is 18.6 Å². The minimum atomic E-state index is -0.930. The Balaban J connectivity index is 1.68. The number of carbonyl (C=O) groups excluding carboxylic acids is 4. The zero-order valence-corrected chi connectivity index (χ0v) is 24.4. The van der Waals surface area contributed by atoms with Gasteiger partial charge < -0.3 is 18.6 Å². The molecule has 0 radical (unpaired) electrons. The van der Waals surface area contributed by atoms with Crippen LogP contribution in [0.2, 0.25) is 0 Å². The van der Waals surface area contributed by atoms with Crippen molar-refractivity contribution in [1.29, 1.82) is 0 Å². The van der Waals surface area contributed by atoms with Gasteiger partial charge in [-0.1, -0.05) is 47.6 Å². The monoisotopic (exact) mass is 552 g/mol. The van der Waals surface area contributed by atoms with Gasteiger partial charge in [-0.2, -0.15) is 0 Å². The van der Waals surface area contributed by atoms with Gasteiger partial charge >= 0.3 is 17.9 Å². The molecule has 8 heteroatoms. The maximum absolute atomic E-state index is 14.4. The number of hydrogen-bond donors (Lipinski definition) is 0. The fourth-order valence-corrected chi connectivity index (χ4v) is 8.09. The number of esters is 3. The number of ether oxygens (including phenoxy) is 3. The van der Waals surface area contributed by atoms with Gasteiger partial charge in [-0.15, -0.1) is 0 Å². The molecular formula is C32H40O8. The molecule has 2 heterocycles. The van der Waals surface area contributed by atoms with Crippen LogP contribution in [-0.2, 0) is 33.4 Å². The van der Waals surface area contributed by atoms with Gasteiger partial charge in [0.1, 0.15) is 18.0 Å². The number of Topliss-reactive ketones (excluding diaryl/α,β-unsaturated/α-hetero) is 1. The Labute approximate surface area is 235 Å². The molecule has 0 spiro atoms. The Morgan fingerprint density at radius 3 is 2.52 bits per heavy atom. The van der Waals surface area contributed by atoms with Crippen LogP contribution < -0.4 is 0 Å². The second-order valence-electron chi connectivity index (χ2n) is 13.1. The van der Waals surface area contributed by atoms with Crippen molar-refractivity contribution in [1.82, 2.24) is 0 Å². The summed E-state index contributed by atoms with van der Waals surface area (Å²) in [5.74, 6) is -2.94. The van der Waals surface area contributed by atoms with Crippen LogP contribution in [0.4, 0.5) is 0 Å². The highest BCUT2D eigenvalue weighted by Crippen LogP contribution is 2.67. The summed E-state index contributed by atoms with van der Waals surface area (Å²) in [5, 5.41) is 0. The van der Waals surface area contributed by atoms with Crippen LogP contribution in [0.3, 0.4) is 0 Å². The molecule has 4 aliphatic rings. The van der Waals surface area contributed by atoms with Crippen molar-refractivity contribution < 1.29 is 37.8 Å². The molecule has 0 saturated heterocycles. The molecule has 1 aromatic rings. The molecule has 2 bridgehead atoms. The molecule has 0 N–H and O–H groups in total. The van der Waals surface area contributed by atoms with Crippen molar-refractivity contribution >= 4 is 23.7 Å². The van der Waals surface area contributed by atoms with Crippen LogP contribution >= 0.6 is 0 Å². The van der Waals surface area contributed by atoms with E-state index in [1.54, 1.807) is 18.6 Å². The number of ketones is 1. The first-order valence-electron chi connectivity index (χ1n) is 14.3. The Bertz CT molecular complexity index is 1290. The Hall–Kier alpha value is -3.16. The molecule has 8 nitrogen and oxygen atoms in total. The van der Waals surface area contributed by atoms with Crippen LogP contribution in [0.15, 0.2) is 46.3 Å². The topological polar surface area (TPSA) is 109 Å². The van der Waals surface area contributed by atoms with E-state index in [1.165, 1.54) is 7.11 Å². The summed E-state index contributed by atoms with van der Waals surface area (Å²) < 4.78 is 22.4. The van der Waals surface area contributed by atoms with Gasteiger partial charge in [0.2, 0.25) is 0 Å². The molecule has 1 aromatic heterocycles. The molecule has 5 rings (SSSR count).